The quantitative estimate of drug-likeness (QED) is 0.515. The van der Waals surface area contributed by atoms with Crippen molar-refractivity contribution in [1.29, 1.82) is 0 Å². The molecule has 0 heterocycles. The average Bonchev–Trinajstić information content (AvgIpc) is 1.83. The molecule has 0 unspecified atom stereocenters. The third-order valence-electron chi connectivity index (χ3n) is 2.48. The Morgan fingerprint density at radius 3 is 2.18 bits per heavy atom. The first-order valence-electron chi connectivity index (χ1n) is 3.73. The van der Waals surface area contributed by atoms with Gasteiger partial charge in [-0.25, -0.2) is 8.78 Å². The first kappa shape index (κ1) is 8.52. The Morgan fingerprint density at radius 2 is 1.91 bits per heavy atom. The van der Waals surface area contributed by atoms with E-state index in [2.05, 4.69) is 5.92 Å². The van der Waals surface area contributed by atoms with Crippen molar-refractivity contribution >= 4 is 0 Å². The summed E-state index contributed by atoms with van der Waals surface area (Å²) in [6.07, 6.45) is 5.14. The second kappa shape index (κ2) is 2.20. The van der Waals surface area contributed by atoms with Gasteiger partial charge in [0.05, 0.1) is 0 Å². The minimum absolute atomic E-state index is 0.00231. The van der Waals surface area contributed by atoms with Crippen LogP contribution in [0.3, 0.4) is 0 Å². The van der Waals surface area contributed by atoms with Crippen LogP contribution in [0.5, 0.6) is 0 Å². The summed E-state index contributed by atoms with van der Waals surface area (Å²) < 4.78 is 24.8. The molecule has 0 N–H and O–H groups in total. The SMILES string of the molecule is C#CC(C)(C)C1CC(F)(F)C1. The van der Waals surface area contributed by atoms with Crippen LogP contribution in [0.15, 0.2) is 0 Å². The molecular weight excluding hydrogens is 146 g/mol. The van der Waals surface area contributed by atoms with Gasteiger partial charge < -0.3 is 0 Å². The second-order valence-corrected chi connectivity index (χ2v) is 3.83. The van der Waals surface area contributed by atoms with E-state index in [4.69, 9.17) is 6.42 Å². The Morgan fingerprint density at radius 1 is 1.45 bits per heavy atom. The van der Waals surface area contributed by atoms with E-state index in [9.17, 15) is 8.78 Å². The van der Waals surface area contributed by atoms with E-state index in [1.807, 2.05) is 13.8 Å². The van der Waals surface area contributed by atoms with E-state index in [-0.39, 0.29) is 24.2 Å². The van der Waals surface area contributed by atoms with Crippen molar-refractivity contribution in [2.75, 3.05) is 0 Å². The lowest BCUT2D eigenvalue weighted by molar-refractivity contribution is -0.132. The van der Waals surface area contributed by atoms with Gasteiger partial charge in [-0.05, 0) is 19.8 Å². The number of rotatable bonds is 1. The predicted octanol–water partition coefficient (Wildman–Crippen LogP) is 2.69. The summed E-state index contributed by atoms with van der Waals surface area (Å²) in [4.78, 5) is 0. The Balaban J connectivity index is 2.52. The standard InChI is InChI=1S/C9H12F2/c1-4-8(2,3)7-5-9(10,11)6-7/h1,7H,5-6H2,2-3H3. The van der Waals surface area contributed by atoms with Crippen LogP contribution in [0.25, 0.3) is 0 Å². The van der Waals surface area contributed by atoms with E-state index in [0.717, 1.165) is 0 Å². The van der Waals surface area contributed by atoms with Gasteiger partial charge in [0.2, 0.25) is 5.92 Å². The molecule has 2 heteroatoms. The summed E-state index contributed by atoms with van der Waals surface area (Å²) in [6.45, 7) is 3.68. The molecule has 0 saturated heterocycles. The molecule has 0 amide bonds. The van der Waals surface area contributed by atoms with Gasteiger partial charge in [0.1, 0.15) is 0 Å². The van der Waals surface area contributed by atoms with Gasteiger partial charge in [0, 0.05) is 18.3 Å². The molecule has 62 valence electrons. The number of hydrogen-bond acceptors (Lipinski definition) is 0. The molecule has 1 saturated carbocycles. The maximum atomic E-state index is 12.4. The normalized spacial score (nSPS) is 23.9. The van der Waals surface area contributed by atoms with Gasteiger partial charge in [-0.15, -0.1) is 12.3 Å². The molecule has 0 nitrogen and oxygen atoms in total. The van der Waals surface area contributed by atoms with Crippen LogP contribution in [0, 0.1) is 23.7 Å². The van der Waals surface area contributed by atoms with Crippen LogP contribution in [0.1, 0.15) is 26.7 Å². The fourth-order valence-electron chi connectivity index (χ4n) is 1.29. The van der Waals surface area contributed by atoms with E-state index in [0.29, 0.717) is 0 Å². The molecule has 0 atom stereocenters. The smallest absolute Gasteiger partial charge is 0.207 e. The third-order valence-corrected chi connectivity index (χ3v) is 2.48. The molecule has 1 rings (SSSR count). The minimum Gasteiger partial charge on any atom is -0.207 e. The molecule has 0 spiro atoms. The van der Waals surface area contributed by atoms with Crippen molar-refractivity contribution in [2.24, 2.45) is 11.3 Å². The molecule has 1 fully saturated rings. The van der Waals surface area contributed by atoms with Crippen LogP contribution >= 0.6 is 0 Å². The number of alkyl halides is 2. The average molecular weight is 158 g/mol. The fraction of sp³-hybridized carbons (Fsp3) is 0.778. The van der Waals surface area contributed by atoms with Crippen LogP contribution in [-0.4, -0.2) is 5.92 Å². The molecular formula is C9H12F2. The van der Waals surface area contributed by atoms with Gasteiger partial charge in [0.25, 0.3) is 0 Å². The summed E-state index contributed by atoms with van der Waals surface area (Å²) in [7, 11) is 0. The van der Waals surface area contributed by atoms with Gasteiger partial charge in [-0.1, -0.05) is 0 Å². The molecule has 0 aromatic heterocycles. The number of halogens is 2. The lowest BCUT2D eigenvalue weighted by atomic mass is 9.66. The zero-order chi connectivity index (χ0) is 8.70. The van der Waals surface area contributed by atoms with Crippen LogP contribution in [-0.2, 0) is 0 Å². The highest BCUT2D eigenvalue weighted by Crippen LogP contribution is 2.50. The van der Waals surface area contributed by atoms with Gasteiger partial charge >= 0.3 is 0 Å². The highest BCUT2D eigenvalue weighted by molar-refractivity contribution is 5.08. The van der Waals surface area contributed by atoms with Gasteiger partial charge in [-0.2, -0.15) is 0 Å². The van der Waals surface area contributed by atoms with E-state index in [1.54, 1.807) is 0 Å². The summed E-state index contributed by atoms with van der Waals surface area (Å²) in [5.41, 5.74) is -0.359. The van der Waals surface area contributed by atoms with Crippen LogP contribution in [0.2, 0.25) is 0 Å². The largest absolute Gasteiger partial charge is 0.248 e. The number of terminal acetylenes is 1. The van der Waals surface area contributed by atoms with E-state index < -0.39 is 5.92 Å². The van der Waals surface area contributed by atoms with Crippen molar-refractivity contribution in [3.63, 3.8) is 0 Å². The first-order chi connectivity index (χ1) is 4.87. The predicted molar refractivity (Wildman–Crippen MR) is 40.3 cm³/mol. The van der Waals surface area contributed by atoms with Crippen LogP contribution < -0.4 is 0 Å². The molecule has 0 bridgehead atoms. The summed E-state index contributed by atoms with van der Waals surface area (Å²) in [5.74, 6) is 0.104. The van der Waals surface area contributed by atoms with E-state index in [1.165, 1.54) is 0 Å². The topological polar surface area (TPSA) is 0 Å². The Kier molecular flexibility index (Phi) is 1.70. The molecule has 1 aliphatic rings. The molecule has 0 aromatic carbocycles. The summed E-state index contributed by atoms with van der Waals surface area (Å²) in [6, 6.07) is 0. The lowest BCUT2D eigenvalue weighted by Crippen LogP contribution is -2.42. The second-order valence-electron chi connectivity index (χ2n) is 3.83. The third kappa shape index (κ3) is 1.53. The van der Waals surface area contributed by atoms with Crippen molar-refractivity contribution < 1.29 is 8.78 Å². The number of hydrogen-bond donors (Lipinski definition) is 0. The molecule has 1 aliphatic carbocycles. The van der Waals surface area contributed by atoms with Crippen LogP contribution in [0.4, 0.5) is 8.78 Å². The zero-order valence-corrected chi connectivity index (χ0v) is 6.82. The molecule has 0 aromatic rings. The van der Waals surface area contributed by atoms with Gasteiger partial charge in [-0.3, -0.25) is 0 Å². The maximum Gasteiger partial charge on any atom is 0.248 e. The fourth-order valence-corrected chi connectivity index (χ4v) is 1.29. The van der Waals surface area contributed by atoms with Gasteiger partial charge in [0.15, 0.2) is 0 Å². The first-order valence-corrected chi connectivity index (χ1v) is 3.73. The Hall–Kier alpha value is -0.580. The van der Waals surface area contributed by atoms with Crippen molar-refractivity contribution in [1.82, 2.24) is 0 Å². The maximum absolute atomic E-state index is 12.4. The van der Waals surface area contributed by atoms with Crippen molar-refractivity contribution in [3.8, 4) is 12.3 Å². The molecule has 0 radical (unpaired) electrons. The monoisotopic (exact) mass is 158 g/mol. The van der Waals surface area contributed by atoms with E-state index >= 15 is 0 Å². The lowest BCUT2D eigenvalue weighted by Gasteiger charge is -2.42. The highest BCUT2D eigenvalue weighted by atomic mass is 19.3. The molecule has 0 aliphatic heterocycles. The van der Waals surface area contributed by atoms with Crippen molar-refractivity contribution in [2.45, 2.75) is 32.6 Å². The zero-order valence-electron chi connectivity index (χ0n) is 6.82. The Bertz CT molecular complexity index is 190. The Labute approximate surface area is 66.0 Å². The molecule has 11 heavy (non-hydrogen) atoms. The minimum atomic E-state index is -2.45. The summed E-state index contributed by atoms with van der Waals surface area (Å²) >= 11 is 0. The van der Waals surface area contributed by atoms with Crippen molar-refractivity contribution in [3.05, 3.63) is 0 Å². The highest BCUT2D eigenvalue weighted by Gasteiger charge is 2.50. The summed E-state index contributed by atoms with van der Waals surface area (Å²) in [5, 5.41) is 0.